The van der Waals surface area contributed by atoms with Crippen LogP contribution in [0.3, 0.4) is 0 Å². The molecule has 0 aliphatic carbocycles. The Balaban J connectivity index is 2.59. The van der Waals surface area contributed by atoms with Crippen molar-refractivity contribution in [3.63, 3.8) is 0 Å². The summed E-state index contributed by atoms with van der Waals surface area (Å²) in [4.78, 5) is 13.8. The van der Waals surface area contributed by atoms with Crippen LogP contribution in [0.1, 0.15) is 20.3 Å². The second-order valence-corrected chi connectivity index (χ2v) is 3.97. The fraction of sp³-hybridized carbons (Fsp3) is 0.900. The Morgan fingerprint density at radius 3 is 3.07 bits per heavy atom. The van der Waals surface area contributed by atoms with Crippen molar-refractivity contribution >= 4 is 5.91 Å². The van der Waals surface area contributed by atoms with Gasteiger partial charge in [0.1, 0.15) is 0 Å². The molecule has 2 atom stereocenters. The predicted octanol–water partition coefficient (Wildman–Crippen LogP) is -0.195. The van der Waals surface area contributed by atoms with Crippen molar-refractivity contribution in [2.24, 2.45) is 0 Å². The Morgan fingerprint density at radius 2 is 2.43 bits per heavy atom. The molecule has 1 saturated heterocycles. The molecule has 0 radical (unpaired) electrons. The van der Waals surface area contributed by atoms with E-state index in [0.29, 0.717) is 6.04 Å². The Morgan fingerprint density at radius 1 is 1.71 bits per heavy atom. The molecule has 0 spiro atoms. The minimum atomic E-state index is 0.000787. The highest BCUT2D eigenvalue weighted by atomic mass is 16.2. The third-order valence-electron chi connectivity index (χ3n) is 2.83. The Bertz CT molecular complexity index is 196. The maximum absolute atomic E-state index is 11.6. The summed E-state index contributed by atoms with van der Waals surface area (Å²) in [5, 5.41) is 6.07. The van der Waals surface area contributed by atoms with Crippen molar-refractivity contribution in [2.45, 2.75) is 32.4 Å². The number of amides is 1. The maximum atomic E-state index is 11.6. The van der Waals surface area contributed by atoms with Gasteiger partial charge < -0.3 is 10.6 Å². The minimum absolute atomic E-state index is 0.000787. The van der Waals surface area contributed by atoms with E-state index >= 15 is 0 Å². The van der Waals surface area contributed by atoms with E-state index in [2.05, 4.69) is 22.5 Å². The fourth-order valence-corrected chi connectivity index (χ4v) is 1.98. The van der Waals surface area contributed by atoms with Gasteiger partial charge in [0, 0.05) is 25.7 Å². The van der Waals surface area contributed by atoms with Gasteiger partial charge in [-0.25, -0.2) is 0 Å². The van der Waals surface area contributed by atoms with Crippen LogP contribution < -0.4 is 10.6 Å². The van der Waals surface area contributed by atoms with Crippen LogP contribution in [0.2, 0.25) is 0 Å². The quantitative estimate of drug-likeness (QED) is 0.662. The van der Waals surface area contributed by atoms with Gasteiger partial charge in [0.05, 0.1) is 6.04 Å². The topological polar surface area (TPSA) is 44.4 Å². The molecule has 2 N–H and O–H groups in total. The summed E-state index contributed by atoms with van der Waals surface area (Å²) in [6, 6.07) is 0.416. The van der Waals surface area contributed by atoms with Crippen LogP contribution in [-0.2, 0) is 4.79 Å². The van der Waals surface area contributed by atoms with Crippen LogP contribution in [0.5, 0.6) is 0 Å². The van der Waals surface area contributed by atoms with Crippen LogP contribution in [0.25, 0.3) is 0 Å². The van der Waals surface area contributed by atoms with Gasteiger partial charge in [0.2, 0.25) is 5.91 Å². The molecule has 4 heteroatoms. The number of rotatable bonds is 3. The molecule has 0 aromatic rings. The molecular weight excluding hydrogens is 178 g/mol. The summed E-state index contributed by atoms with van der Waals surface area (Å²) < 4.78 is 0. The first-order valence-electron chi connectivity index (χ1n) is 5.35. The second kappa shape index (κ2) is 5.32. The van der Waals surface area contributed by atoms with E-state index in [0.717, 1.165) is 26.1 Å². The lowest BCUT2D eigenvalue weighted by Crippen LogP contribution is -2.49. The van der Waals surface area contributed by atoms with E-state index in [1.807, 2.05) is 14.0 Å². The molecule has 4 nitrogen and oxygen atoms in total. The van der Waals surface area contributed by atoms with Crippen molar-refractivity contribution in [2.75, 3.05) is 26.7 Å². The number of hydrogen-bond acceptors (Lipinski definition) is 3. The van der Waals surface area contributed by atoms with E-state index in [-0.39, 0.29) is 11.9 Å². The maximum Gasteiger partial charge on any atom is 0.237 e. The van der Waals surface area contributed by atoms with Crippen molar-refractivity contribution in [3.8, 4) is 0 Å². The number of carbonyl (C=O) groups is 1. The highest BCUT2D eigenvalue weighted by molar-refractivity contribution is 5.81. The SMILES string of the molecule is CNCC(C)N1CCCNC(=O)C1C. The summed E-state index contributed by atoms with van der Waals surface area (Å²) in [6.07, 6.45) is 1.05. The summed E-state index contributed by atoms with van der Waals surface area (Å²) in [7, 11) is 1.94. The van der Waals surface area contributed by atoms with E-state index in [1.54, 1.807) is 0 Å². The minimum Gasteiger partial charge on any atom is -0.355 e. The monoisotopic (exact) mass is 199 g/mol. The second-order valence-electron chi connectivity index (χ2n) is 3.97. The van der Waals surface area contributed by atoms with Crippen molar-refractivity contribution < 1.29 is 4.79 Å². The van der Waals surface area contributed by atoms with E-state index in [4.69, 9.17) is 0 Å². The predicted molar refractivity (Wildman–Crippen MR) is 57.2 cm³/mol. The molecule has 0 aromatic carbocycles. The molecular formula is C10H21N3O. The van der Waals surface area contributed by atoms with Gasteiger partial charge in [0.15, 0.2) is 0 Å². The van der Waals surface area contributed by atoms with Crippen LogP contribution in [0.15, 0.2) is 0 Å². The van der Waals surface area contributed by atoms with Gasteiger partial charge >= 0.3 is 0 Å². The first-order chi connectivity index (χ1) is 6.66. The van der Waals surface area contributed by atoms with Crippen molar-refractivity contribution in [3.05, 3.63) is 0 Å². The zero-order valence-corrected chi connectivity index (χ0v) is 9.34. The van der Waals surface area contributed by atoms with Gasteiger partial charge in [-0.05, 0) is 27.3 Å². The molecule has 2 unspecified atom stereocenters. The standard InChI is InChI=1S/C10H21N3O/c1-8(7-11-3)13-6-4-5-12-10(14)9(13)2/h8-9,11H,4-7H2,1-3H3,(H,12,14). The van der Waals surface area contributed by atoms with Crippen molar-refractivity contribution in [1.29, 1.82) is 0 Å². The molecule has 1 heterocycles. The fourth-order valence-electron chi connectivity index (χ4n) is 1.98. The summed E-state index contributed by atoms with van der Waals surface area (Å²) >= 11 is 0. The summed E-state index contributed by atoms with van der Waals surface area (Å²) in [5.74, 6) is 0.158. The van der Waals surface area contributed by atoms with Crippen molar-refractivity contribution in [1.82, 2.24) is 15.5 Å². The molecule has 14 heavy (non-hydrogen) atoms. The lowest BCUT2D eigenvalue weighted by molar-refractivity contribution is -0.125. The lowest BCUT2D eigenvalue weighted by Gasteiger charge is -2.31. The molecule has 0 bridgehead atoms. The van der Waals surface area contributed by atoms with E-state index in [9.17, 15) is 4.79 Å². The molecule has 82 valence electrons. The molecule has 1 amide bonds. The van der Waals surface area contributed by atoms with Gasteiger partial charge in [-0.3, -0.25) is 9.69 Å². The highest BCUT2D eigenvalue weighted by Crippen LogP contribution is 2.09. The molecule has 1 rings (SSSR count). The van der Waals surface area contributed by atoms with Crippen LogP contribution in [0.4, 0.5) is 0 Å². The third-order valence-corrected chi connectivity index (χ3v) is 2.83. The lowest BCUT2D eigenvalue weighted by atomic mass is 10.2. The Kier molecular flexibility index (Phi) is 4.35. The summed E-state index contributed by atoms with van der Waals surface area (Å²) in [5.41, 5.74) is 0. The Hall–Kier alpha value is -0.610. The normalized spacial score (nSPS) is 26.8. The third kappa shape index (κ3) is 2.69. The number of nitrogens with zero attached hydrogens (tertiary/aromatic N) is 1. The van der Waals surface area contributed by atoms with Gasteiger partial charge in [-0.2, -0.15) is 0 Å². The summed E-state index contributed by atoms with van der Waals surface area (Å²) in [6.45, 7) is 6.88. The zero-order chi connectivity index (χ0) is 10.6. The molecule has 1 fully saturated rings. The molecule has 1 aliphatic rings. The Labute approximate surface area is 86.0 Å². The number of likely N-dealkylation sites (N-methyl/N-ethyl adjacent to an activating group) is 1. The van der Waals surface area contributed by atoms with E-state index in [1.165, 1.54) is 0 Å². The van der Waals surface area contributed by atoms with Gasteiger partial charge in [0.25, 0.3) is 0 Å². The van der Waals surface area contributed by atoms with Gasteiger partial charge in [-0.15, -0.1) is 0 Å². The van der Waals surface area contributed by atoms with Gasteiger partial charge in [-0.1, -0.05) is 0 Å². The largest absolute Gasteiger partial charge is 0.355 e. The number of carbonyl (C=O) groups excluding carboxylic acids is 1. The average Bonchev–Trinajstić information content (AvgIpc) is 2.31. The highest BCUT2D eigenvalue weighted by Gasteiger charge is 2.26. The van der Waals surface area contributed by atoms with Crippen LogP contribution in [0, 0.1) is 0 Å². The van der Waals surface area contributed by atoms with Crippen LogP contribution >= 0.6 is 0 Å². The smallest absolute Gasteiger partial charge is 0.237 e. The average molecular weight is 199 g/mol. The first-order valence-corrected chi connectivity index (χ1v) is 5.35. The molecule has 0 aromatic heterocycles. The first kappa shape index (κ1) is 11.5. The molecule has 0 saturated carbocycles. The number of hydrogen-bond donors (Lipinski definition) is 2. The zero-order valence-electron chi connectivity index (χ0n) is 9.34. The molecule has 1 aliphatic heterocycles. The number of nitrogens with one attached hydrogen (secondary N) is 2. The van der Waals surface area contributed by atoms with E-state index < -0.39 is 0 Å². The van der Waals surface area contributed by atoms with Crippen LogP contribution in [-0.4, -0.2) is 49.6 Å².